The number of rotatable bonds is 5. The highest BCUT2D eigenvalue weighted by atomic mass is 31.2. The molecule has 3 saturated carbocycles. The van der Waals surface area contributed by atoms with Crippen LogP contribution in [0.1, 0.15) is 108 Å². The van der Waals surface area contributed by atoms with E-state index in [1.165, 1.54) is 19.8 Å². The van der Waals surface area contributed by atoms with E-state index < -0.39 is 19.2 Å². The highest BCUT2D eigenvalue weighted by molar-refractivity contribution is 7.49. The van der Waals surface area contributed by atoms with Crippen LogP contribution in [0.15, 0.2) is 48.2 Å². The van der Waals surface area contributed by atoms with Gasteiger partial charge in [-0.15, -0.1) is 0 Å². The molecule has 4 aliphatic rings. The van der Waals surface area contributed by atoms with Gasteiger partial charge in [-0.25, -0.2) is 4.57 Å². The molecule has 9 heteroatoms. The number of nitrogens with one attached hydrogen (secondary N) is 1. The Balaban J connectivity index is 1.38. The number of phenolic OH excluding ortho intramolecular Hbond substituents is 2. The number of para-hydroxylation sites is 1. The molecule has 1 heterocycles. The lowest BCUT2D eigenvalue weighted by atomic mass is 9.34. The van der Waals surface area contributed by atoms with Gasteiger partial charge in [-0.2, -0.15) is 0 Å². The van der Waals surface area contributed by atoms with Crippen molar-refractivity contribution in [3.8, 4) is 11.5 Å². The van der Waals surface area contributed by atoms with E-state index in [1.54, 1.807) is 0 Å². The zero-order valence-corrected chi connectivity index (χ0v) is 30.4. The number of hydrogen-bond donors (Lipinski definition) is 3. The number of phosphoric ester groups is 1. The van der Waals surface area contributed by atoms with Crippen molar-refractivity contribution in [2.24, 2.45) is 27.6 Å². The lowest BCUT2D eigenvalue weighted by Gasteiger charge is -2.70. The Morgan fingerprint density at radius 2 is 1.65 bits per heavy atom. The van der Waals surface area contributed by atoms with Crippen molar-refractivity contribution in [1.29, 1.82) is 0 Å². The maximum Gasteiger partial charge on any atom is 0.531 e. The van der Waals surface area contributed by atoms with Crippen LogP contribution in [0.4, 0.5) is 0 Å². The summed E-state index contributed by atoms with van der Waals surface area (Å²) in [5.41, 5.74) is 4.96. The molecule has 8 nitrogen and oxygen atoms in total. The van der Waals surface area contributed by atoms with Gasteiger partial charge in [0, 0.05) is 42.7 Å². The number of benzene rings is 2. The number of aromatic hydroxyl groups is 2. The van der Waals surface area contributed by atoms with Gasteiger partial charge in [0.25, 0.3) is 0 Å². The molecule has 48 heavy (non-hydrogen) atoms. The largest absolute Gasteiger partial charge is 0.531 e. The van der Waals surface area contributed by atoms with Crippen molar-refractivity contribution in [2.75, 3.05) is 14.2 Å². The predicted octanol–water partition coefficient (Wildman–Crippen LogP) is 9.57. The third-order valence-corrected chi connectivity index (χ3v) is 15.5. The lowest BCUT2D eigenvalue weighted by molar-refractivity contribution is -0.176. The third-order valence-electron chi connectivity index (χ3n) is 14.2. The normalized spacial score (nSPS) is 36.0. The second-order valence-electron chi connectivity index (χ2n) is 16.4. The van der Waals surface area contributed by atoms with Gasteiger partial charge < -0.3 is 19.7 Å². The van der Waals surface area contributed by atoms with E-state index in [4.69, 9.17) is 13.6 Å². The number of phenols is 2. The number of aromatic nitrogens is 1. The number of phosphoric acid groups is 1. The summed E-state index contributed by atoms with van der Waals surface area (Å²) in [6, 6.07) is 10.2. The molecular formula is C39H50NO7P. The maximum atomic E-state index is 13.8. The number of aromatic amines is 1. The predicted molar refractivity (Wildman–Crippen MR) is 186 cm³/mol. The molecule has 2 aromatic carbocycles. The Morgan fingerprint density at radius 1 is 0.958 bits per heavy atom. The highest BCUT2D eigenvalue weighted by Gasteiger charge is 2.67. The molecular weight excluding hydrogens is 625 g/mol. The van der Waals surface area contributed by atoms with Crippen molar-refractivity contribution >= 4 is 24.7 Å². The van der Waals surface area contributed by atoms with Gasteiger partial charge in [-0.1, -0.05) is 57.5 Å². The van der Waals surface area contributed by atoms with Gasteiger partial charge in [-0.3, -0.25) is 13.8 Å². The number of allylic oxidation sites excluding steroid dienone is 2. The average molecular weight is 676 g/mol. The Morgan fingerprint density at radius 3 is 2.35 bits per heavy atom. The molecule has 0 aliphatic heterocycles. The van der Waals surface area contributed by atoms with Crippen LogP contribution < -0.4 is 0 Å². The minimum absolute atomic E-state index is 0.0397. The standard InChI is InChI=1S/C39H50NO7P/c1-23-32-25(26-22-40-28-12-10-9-11-24(26)28)19-30-37(4,27(32)20-29(41)33(23)42)16-18-39(6)31-21-36(3,34(43)47-48(44,45-7)46-8)14-13-35(31,2)15-17-38(30,39)5/h9-12,19-20,22,25,31,40-42H,13-18,21H2,1-8H3/t25?,31?,35-,36-,37+,38?,39+/m1/s1. The van der Waals surface area contributed by atoms with Crippen molar-refractivity contribution in [3.63, 3.8) is 0 Å². The average Bonchev–Trinajstić information content (AvgIpc) is 3.50. The van der Waals surface area contributed by atoms with Crippen LogP contribution in [0.25, 0.3) is 10.9 Å². The molecule has 3 fully saturated rings. The summed E-state index contributed by atoms with van der Waals surface area (Å²) in [4.78, 5) is 17.2. The van der Waals surface area contributed by atoms with E-state index in [9.17, 15) is 19.6 Å². The fourth-order valence-electron chi connectivity index (χ4n) is 10.9. The second-order valence-corrected chi connectivity index (χ2v) is 18.2. The zero-order valence-electron chi connectivity index (χ0n) is 29.5. The highest BCUT2D eigenvalue weighted by Crippen LogP contribution is 2.75. The van der Waals surface area contributed by atoms with Crippen LogP contribution >= 0.6 is 7.82 Å². The summed E-state index contributed by atoms with van der Waals surface area (Å²) in [6.45, 7) is 13.5. The minimum Gasteiger partial charge on any atom is -0.504 e. The third kappa shape index (κ3) is 4.41. The van der Waals surface area contributed by atoms with Crippen LogP contribution in [-0.2, 0) is 28.3 Å². The SMILES string of the molecule is COP(=O)(OC)OC(=O)[C@]1(C)CC[C@]2(C)CCC3(C)C4=CC(c5c[nH]c6ccccc56)c5c(cc(O)c(O)c5C)[C@]4(C)CC[C@@]3(C)C2C1. The maximum absolute atomic E-state index is 13.8. The molecule has 0 saturated heterocycles. The van der Waals surface area contributed by atoms with Gasteiger partial charge in [-0.05, 0) is 115 Å². The molecule has 258 valence electrons. The smallest absolute Gasteiger partial charge is 0.504 e. The van der Waals surface area contributed by atoms with Crippen molar-refractivity contribution in [2.45, 2.75) is 97.8 Å². The summed E-state index contributed by atoms with van der Waals surface area (Å²) in [6.07, 6.45) is 10.6. The van der Waals surface area contributed by atoms with E-state index in [1.807, 2.05) is 26.0 Å². The Labute approximate surface area is 283 Å². The van der Waals surface area contributed by atoms with Crippen molar-refractivity contribution < 1.29 is 33.1 Å². The summed E-state index contributed by atoms with van der Waals surface area (Å²) >= 11 is 0. The van der Waals surface area contributed by atoms with E-state index in [0.29, 0.717) is 12.8 Å². The lowest BCUT2D eigenvalue weighted by Crippen LogP contribution is -2.62. The molecule has 3 aromatic rings. The number of carbonyl (C=O) groups excluding carboxylic acids is 1. The first-order valence-corrected chi connectivity index (χ1v) is 18.8. The van der Waals surface area contributed by atoms with Gasteiger partial charge in [0.2, 0.25) is 0 Å². The summed E-state index contributed by atoms with van der Waals surface area (Å²) in [5.74, 6) is -0.578. The Bertz CT molecular complexity index is 1910. The number of hydrogen-bond acceptors (Lipinski definition) is 7. The van der Waals surface area contributed by atoms with E-state index in [0.717, 1.165) is 65.3 Å². The molecule has 1 aromatic heterocycles. The molecule has 4 aliphatic carbocycles. The summed E-state index contributed by atoms with van der Waals surface area (Å²) < 4.78 is 28.3. The van der Waals surface area contributed by atoms with Gasteiger partial charge in [0.15, 0.2) is 11.5 Å². The molecule has 0 spiro atoms. The molecule has 3 N–H and O–H groups in total. The molecule has 3 unspecified atom stereocenters. The van der Waals surface area contributed by atoms with Crippen molar-refractivity contribution in [1.82, 2.24) is 4.98 Å². The first-order chi connectivity index (χ1) is 22.5. The second kappa shape index (κ2) is 10.7. The molecule has 0 radical (unpaired) electrons. The fourth-order valence-corrected chi connectivity index (χ4v) is 11.6. The van der Waals surface area contributed by atoms with E-state index in [2.05, 4.69) is 63.2 Å². The summed E-state index contributed by atoms with van der Waals surface area (Å²) in [7, 11) is -1.52. The molecule has 7 rings (SSSR count). The van der Waals surface area contributed by atoms with Crippen LogP contribution in [0.3, 0.4) is 0 Å². The topological polar surface area (TPSA) is 118 Å². The number of carbonyl (C=O) groups is 1. The first-order valence-electron chi connectivity index (χ1n) is 17.3. The fraction of sp³-hybridized carbons (Fsp3) is 0.564. The van der Waals surface area contributed by atoms with Gasteiger partial charge in [0.1, 0.15) is 0 Å². The first kappa shape index (κ1) is 33.4. The zero-order chi connectivity index (χ0) is 34.7. The quantitative estimate of drug-likeness (QED) is 0.140. The summed E-state index contributed by atoms with van der Waals surface area (Å²) in [5, 5.41) is 23.3. The van der Waals surface area contributed by atoms with E-state index in [-0.39, 0.29) is 45.0 Å². The Kier molecular flexibility index (Phi) is 7.47. The molecule has 0 amide bonds. The Hall–Kier alpha value is -3.06. The van der Waals surface area contributed by atoms with Crippen LogP contribution in [0.2, 0.25) is 0 Å². The number of H-pyrrole nitrogens is 1. The minimum atomic E-state index is -3.98. The van der Waals surface area contributed by atoms with Gasteiger partial charge in [0.05, 0.1) is 5.41 Å². The van der Waals surface area contributed by atoms with Crippen LogP contribution in [-0.4, -0.2) is 35.4 Å². The van der Waals surface area contributed by atoms with Gasteiger partial charge >= 0.3 is 13.8 Å². The number of fused-ring (bicyclic) bond motifs is 8. The molecule has 7 atom stereocenters. The van der Waals surface area contributed by atoms with E-state index >= 15 is 0 Å². The van der Waals surface area contributed by atoms with Crippen LogP contribution in [0, 0.1) is 34.5 Å². The van der Waals surface area contributed by atoms with Crippen LogP contribution in [0.5, 0.6) is 11.5 Å². The van der Waals surface area contributed by atoms with Crippen molar-refractivity contribution in [3.05, 3.63) is 70.4 Å². The monoisotopic (exact) mass is 675 g/mol. The molecule has 0 bridgehead atoms.